The fourth-order valence-electron chi connectivity index (χ4n) is 3.22. The van der Waals surface area contributed by atoms with Crippen molar-refractivity contribution in [1.29, 1.82) is 0 Å². The van der Waals surface area contributed by atoms with Crippen LogP contribution in [0.15, 0.2) is 42.5 Å². The van der Waals surface area contributed by atoms with Crippen molar-refractivity contribution in [2.45, 2.75) is 32.9 Å². The van der Waals surface area contributed by atoms with Gasteiger partial charge in [-0.25, -0.2) is 0 Å². The molecular formula is C18H19Cl2N. The number of hydrogen-bond donors (Lipinski definition) is 1. The van der Waals surface area contributed by atoms with Crippen molar-refractivity contribution in [3.05, 3.63) is 69.2 Å². The molecule has 0 bridgehead atoms. The lowest BCUT2D eigenvalue weighted by Crippen LogP contribution is -2.30. The number of rotatable bonds is 3. The van der Waals surface area contributed by atoms with Crippen LogP contribution >= 0.6 is 23.2 Å². The van der Waals surface area contributed by atoms with Gasteiger partial charge in [-0.1, -0.05) is 55.2 Å². The molecule has 0 heterocycles. The second-order valence-corrected chi connectivity index (χ2v) is 7.32. The summed E-state index contributed by atoms with van der Waals surface area (Å²) >= 11 is 12.1. The van der Waals surface area contributed by atoms with Crippen LogP contribution in [0, 0.1) is 5.41 Å². The third kappa shape index (κ3) is 3.11. The third-order valence-electron chi connectivity index (χ3n) is 4.27. The zero-order valence-corrected chi connectivity index (χ0v) is 13.8. The second kappa shape index (κ2) is 5.64. The van der Waals surface area contributed by atoms with Gasteiger partial charge in [-0.3, -0.25) is 0 Å². The fourth-order valence-corrected chi connectivity index (χ4v) is 3.52. The molecule has 1 nitrogen and oxygen atoms in total. The fraction of sp³-hybridized carbons (Fsp3) is 0.333. The molecule has 1 aliphatic carbocycles. The number of fused-ring (bicyclic) bond motifs is 1. The Hall–Kier alpha value is -1.02. The Morgan fingerprint density at radius 3 is 2.43 bits per heavy atom. The average Bonchev–Trinajstić information content (AvgIpc) is 2.68. The summed E-state index contributed by atoms with van der Waals surface area (Å²) in [6.45, 7) is 5.44. The number of nitrogens with one attached hydrogen (secondary N) is 1. The van der Waals surface area contributed by atoms with E-state index in [-0.39, 0.29) is 5.41 Å². The number of halogens is 2. The SMILES string of the molecule is CC1(C)Cc2ccc(Cl)cc2C1NCc1ccc(Cl)cc1. The zero-order valence-electron chi connectivity index (χ0n) is 12.3. The Bertz CT molecular complexity index is 647. The summed E-state index contributed by atoms with van der Waals surface area (Å²) in [6.07, 6.45) is 1.08. The van der Waals surface area contributed by atoms with Gasteiger partial charge in [0.25, 0.3) is 0 Å². The molecule has 0 saturated carbocycles. The van der Waals surface area contributed by atoms with E-state index in [1.54, 1.807) is 0 Å². The maximum Gasteiger partial charge on any atom is 0.0409 e. The summed E-state index contributed by atoms with van der Waals surface area (Å²) in [5.41, 5.74) is 4.17. The van der Waals surface area contributed by atoms with Crippen LogP contribution in [0.2, 0.25) is 10.0 Å². The highest BCUT2D eigenvalue weighted by Gasteiger charge is 2.38. The van der Waals surface area contributed by atoms with Gasteiger partial charge < -0.3 is 5.32 Å². The lowest BCUT2D eigenvalue weighted by molar-refractivity contribution is 0.268. The Labute approximate surface area is 136 Å². The number of hydrogen-bond acceptors (Lipinski definition) is 1. The topological polar surface area (TPSA) is 12.0 Å². The Balaban J connectivity index is 1.81. The van der Waals surface area contributed by atoms with Crippen molar-refractivity contribution in [2.24, 2.45) is 5.41 Å². The molecule has 2 aromatic carbocycles. The molecule has 0 spiro atoms. The summed E-state index contributed by atoms with van der Waals surface area (Å²) in [5, 5.41) is 5.27. The first-order chi connectivity index (χ1) is 9.95. The normalized spacial score (nSPS) is 19.5. The van der Waals surface area contributed by atoms with E-state index in [9.17, 15) is 0 Å². The molecule has 3 heteroatoms. The summed E-state index contributed by atoms with van der Waals surface area (Å²) in [5.74, 6) is 0. The van der Waals surface area contributed by atoms with Crippen molar-refractivity contribution < 1.29 is 0 Å². The predicted molar refractivity (Wildman–Crippen MR) is 90.0 cm³/mol. The first-order valence-corrected chi connectivity index (χ1v) is 7.97. The van der Waals surface area contributed by atoms with Crippen LogP contribution in [0.25, 0.3) is 0 Å². The molecule has 110 valence electrons. The van der Waals surface area contributed by atoms with Crippen LogP contribution in [0.4, 0.5) is 0 Å². The molecular weight excluding hydrogens is 301 g/mol. The highest BCUT2D eigenvalue weighted by atomic mass is 35.5. The van der Waals surface area contributed by atoms with E-state index in [1.165, 1.54) is 16.7 Å². The minimum Gasteiger partial charge on any atom is -0.305 e. The van der Waals surface area contributed by atoms with Crippen LogP contribution < -0.4 is 5.32 Å². The molecule has 0 aliphatic heterocycles. The van der Waals surface area contributed by atoms with E-state index < -0.39 is 0 Å². The minimum atomic E-state index is 0.194. The smallest absolute Gasteiger partial charge is 0.0409 e. The molecule has 0 radical (unpaired) electrons. The predicted octanol–water partition coefficient (Wildman–Crippen LogP) is 5.41. The van der Waals surface area contributed by atoms with E-state index in [1.807, 2.05) is 18.2 Å². The largest absolute Gasteiger partial charge is 0.305 e. The highest BCUT2D eigenvalue weighted by Crippen LogP contribution is 2.45. The zero-order chi connectivity index (χ0) is 15.0. The summed E-state index contributed by atoms with van der Waals surface area (Å²) in [4.78, 5) is 0. The quantitative estimate of drug-likeness (QED) is 0.797. The van der Waals surface area contributed by atoms with E-state index >= 15 is 0 Å². The van der Waals surface area contributed by atoms with Gasteiger partial charge in [-0.05, 0) is 52.8 Å². The standard InChI is InChI=1S/C18H19Cl2N/c1-18(2)10-13-5-8-15(20)9-16(13)17(18)21-11-12-3-6-14(19)7-4-12/h3-9,17,21H,10-11H2,1-2H3. The average molecular weight is 320 g/mol. The van der Waals surface area contributed by atoms with Crippen molar-refractivity contribution in [3.63, 3.8) is 0 Å². The molecule has 1 N–H and O–H groups in total. The second-order valence-electron chi connectivity index (χ2n) is 6.45. The van der Waals surface area contributed by atoms with E-state index in [0.29, 0.717) is 6.04 Å². The van der Waals surface area contributed by atoms with Crippen LogP contribution in [0.5, 0.6) is 0 Å². The lowest BCUT2D eigenvalue weighted by Gasteiger charge is -2.29. The summed E-state index contributed by atoms with van der Waals surface area (Å²) in [6, 6.07) is 14.6. The van der Waals surface area contributed by atoms with E-state index in [2.05, 4.69) is 43.4 Å². The first kappa shape index (κ1) is 14.9. The summed E-state index contributed by atoms with van der Waals surface area (Å²) in [7, 11) is 0. The third-order valence-corrected chi connectivity index (χ3v) is 4.76. The molecule has 0 aromatic heterocycles. The van der Waals surface area contributed by atoms with Gasteiger partial charge in [0, 0.05) is 22.6 Å². The van der Waals surface area contributed by atoms with Crippen LogP contribution in [0.3, 0.4) is 0 Å². The van der Waals surface area contributed by atoms with Gasteiger partial charge in [-0.15, -0.1) is 0 Å². The van der Waals surface area contributed by atoms with Crippen molar-refractivity contribution in [2.75, 3.05) is 0 Å². The Morgan fingerprint density at radius 2 is 1.71 bits per heavy atom. The molecule has 1 aliphatic rings. The Kier molecular flexibility index (Phi) is 4.00. The van der Waals surface area contributed by atoms with Crippen molar-refractivity contribution in [3.8, 4) is 0 Å². The Morgan fingerprint density at radius 1 is 1.05 bits per heavy atom. The molecule has 21 heavy (non-hydrogen) atoms. The molecule has 0 saturated heterocycles. The van der Waals surface area contributed by atoms with E-state index in [4.69, 9.17) is 23.2 Å². The van der Waals surface area contributed by atoms with Crippen LogP contribution in [-0.4, -0.2) is 0 Å². The van der Waals surface area contributed by atoms with Gasteiger partial charge in [0.15, 0.2) is 0 Å². The minimum absolute atomic E-state index is 0.194. The van der Waals surface area contributed by atoms with Crippen LogP contribution in [0.1, 0.15) is 36.6 Å². The molecule has 0 fully saturated rings. The van der Waals surface area contributed by atoms with Crippen molar-refractivity contribution >= 4 is 23.2 Å². The molecule has 1 unspecified atom stereocenters. The molecule has 1 atom stereocenters. The summed E-state index contributed by atoms with van der Waals surface area (Å²) < 4.78 is 0. The molecule has 0 amide bonds. The highest BCUT2D eigenvalue weighted by molar-refractivity contribution is 6.30. The van der Waals surface area contributed by atoms with Gasteiger partial charge in [0.05, 0.1) is 0 Å². The molecule has 3 rings (SSSR count). The van der Waals surface area contributed by atoms with Crippen molar-refractivity contribution in [1.82, 2.24) is 5.32 Å². The van der Waals surface area contributed by atoms with Gasteiger partial charge in [-0.2, -0.15) is 0 Å². The molecule has 2 aromatic rings. The van der Waals surface area contributed by atoms with Gasteiger partial charge >= 0.3 is 0 Å². The van der Waals surface area contributed by atoms with Crippen LogP contribution in [-0.2, 0) is 13.0 Å². The lowest BCUT2D eigenvalue weighted by atomic mass is 9.85. The number of benzene rings is 2. The van der Waals surface area contributed by atoms with Gasteiger partial charge in [0.1, 0.15) is 0 Å². The van der Waals surface area contributed by atoms with E-state index in [0.717, 1.165) is 23.0 Å². The maximum absolute atomic E-state index is 6.17. The first-order valence-electron chi connectivity index (χ1n) is 7.22. The maximum atomic E-state index is 6.17. The monoisotopic (exact) mass is 319 g/mol. The van der Waals surface area contributed by atoms with Gasteiger partial charge in [0.2, 0.25) is 0 Å².